The summed E-state index contributed by atoms with van der Waals surface area (Å²) >= 11 is 0. The first kappa shape index (κ1) is 14.1. The van der Waals surface area contributed by atoms with Crippen LogP contribution in [0.3, 0.4) is 0 Å². The third-order valence-corrected chi connectivity index (χ3v) is 3.29. The lowest BCUT2D eigenvalue weighted by atomic mass is 10.1. The fraction of sp³-hybridized carbons (Fsp3) is 0.333. The van der Waals surface area contributed by atoms with Crippen molar-refractivity contribution in [1.82, 2.24) is 10.3 Å². The van der Waals surface area contributed by atoms with E-state index >= 15 is 0 Å². The quantitative estimate of drug-likeness (QED) is 0.780. The third kappa shape index (κ3) is 3.17. The number of carboxylic acid groups (broad SMARTS) is 1. The fourth-order valence-corrected chi connectivity index (χ4v) is 2.12. The van der Waals surface area contributed by atoms with E-state index in [1.54, 1.807) is 0 Å². The van der Waals surface area contributed by atoms with Crippen molar-refractivity contribution in [2.24, 2.45) is 0 Å². The van der Waals surface area contributed by atoms with Gasteiger partial charge in [0.05, 0.1) is 0 Å². The highest BCUT2D eigenvalue weighted by Gasteiger charge is 2.14. The number of carbonyl (C=O) groups excluding carboxylic acids is 1. The number of hydrogen-bond donors (Lipinski definition) is 3. The molecule has 20 heavy (non-hydrogen) atoms. The summed E-state index contributed by atoms with van der Waals surface area (Å²) in [6, 6.07) is 5.27. The number of benzene rings is 1. The second-order valence-electron chi connectivity index (χ2n) is 4.99. The monoisotopic (exact) mass is 274 g/mol. The maximum atomic E-state index is 11.7. The first-order chi connectivity index (χ1) is 9.47. The number of H-pyrrole nitrogens is 1. The molecular formula is C15H18N2O3. The Kier molecular flexibility index (Phi) is 4.08. The van der Waals surface area contributed by atoms with E-state index in [0.29, 0.717) is 6.42 Å². The van der Waals surface area contributed by atoms with E-state index in [9.17, 15) is 9.59 Å². The fourth-order valence-electron chi connectivity index (χ4n) is 2.12. The third-order valence-electron chi connectivity index (χ3n) is 3.29. The number of amides is 1. The standard InChI is InChI=1S/C15H18N2O3/c1-9-3-5-13-12(7-9)11(8-16-13)4-6-14(18)17-10(2)15(19)20/h3,5,7-8,10,16H,4,6H2,1-2H3,(H,17,18)(H,19,20). The van der Waals surface area contributed by atoms with Crippen molar-refractivity contribution in [3.63, 3.8) is 0 Å². The van der Waals surface area contributed by atoms with Gasteiger partial charge in [-0.1, -0.05) is 11.6 Å². The second-order valence-corrected chi connectivity index (χ2v) is 4.99. The van der Waals surface area contributed by atoms with Crippen LogP contribution in [0.2, 0.25) is 0 Å². The molecule has 0 spiro atoms. The Balaban J connectivity index is 2.01. The number of aromatic amines is 1. The summed E-state index contributed by atoms with van der Waals surface area (Å²) in [6.45, 7) is 3.48. The predicted molar refractivity (Wildman–Crippen MR) is 76.6 cm³/mol. The highest BCUT2D eigenvalue weighted by Crippen LogP contribution is 2.20. The predicted octanol–water partition coefficient (Wildman–Crippen LogP) is 2.00. The van der Waals surface area contributed by atoms with E-state index in [0.717, 1.165) is 16.5 Å². The van der Waals surface area contributed by atoms with Gasteiger partial charge >= 0.3 is 5.97 Å². The number of rotatable bonds is 5. The molecule has 1 heterocycles. The Morgan fingerprint density at radius 1 is 1.40 bits per heavy atom. The van der Waals surface area contributed by atoms with Crippen molar-refractivity contribution in [2.75, 3.05) is 0 Å². The smallest absolute Gasteiger partial charge is 0.325 e. The summed E-state index contributed by atoms with van der Waals surface area (Å²) in [5.74, 6) is -1.28. The lowest BCUT2D eigenvalue weighted by Crippen LogP contribution is -2.38. The van der Waals surface area contributed by atoms with Gasteiger partial charge in [-0.05, 0) is 38.0 Å². The van der Waals surface area contributed by atoms with E-state index in [1.165, 1.54) is 12.5 Å². The number of nitrogens with one attached hydrogen (secondary N) is 2. The summed E-state index contributed by atoms with van der Waals surface area (Å²) in [5, 5.41) is 12.3. The molecule has 2 aromatic rings. The summed E-state index contributed by atoms with van der Waals surface area (Å²) in [7, 11) is 0. The molecule has 1 atom stereocenters. The molecule has 0 saturated heterocycles. The molecule has 0 aliphatic carbocycles. The average molecular weight is 274 g/mol. The zero-order valence-electron chi connectivity index (χ0n) is 11.6. The van der Waals surface area contributed by atoms with Crippen LogP contribution in [-0.2, 0) is 16.0 Å². The summed E-state index contributed by atoms with van der Waals surface area (Å²) < 4.78 is 0. The molecule has 1 aromatic heterocycles. The Morgan fingerprint density at radius 2 is 2.15 bits per heavy atom. The largest absolute Gasteiger partial charge is 0.480 e. The van der Waals surface area contributed by atoms with Gasteiger partial charge in [-0.25, -0.2) is 0 Å². The molecule has 0 radical (unpaired) electrons. The number of carbonyl (C=O) groups is 2. The average Bonchev–Trinajstić information content (AvgIpc) is 2.78. The van der Waals surface area contributed by atoms with E-state index < -0.39 is 12.0 Å². The van der Waals surface area contributed by atoms with Gasteiger partial charge in [0.25, 0.3) is 0 Å². The Morgan fingerprint density at radius 3 is 2.85 bits per heavy atom. The number of aliphatic carboxylic acids is 1. The Bertz CT molecular complexity index is 646. The van der Waals surface area contributed by atoms with Crippen LogP contribution in [0.1, 0.15) is 24.5 Å². The minimum atomic E-state index is -1.03. The molecule has 0 aliphatic rings. The van der Waals surface area contributed by atoms with Gasteiger partial charge in [-0.2, -0.15) is 0 Å². The number of aromatic nitrogens is 1. The molecule has 0 bridgehead atoms. The maximum absolute atomic E-state index is 11.7. The van der Waals surface area contributed by atoms with Gasteiger partial charge in [-0.3, -0.25) is 9.59 Å². The van der Waals surface area contributed by atoms with Gasteiger partial charge in [0, 0.05) is 23.5 Å². The van der Waals surface area contributed by atoms with Crippen molar-refractivity contribution >= 4 is 22.8 Å². The lowest BCUT2D eigenvalue weighted by Gasteiger charge is -2.08. The minimum absolute atomic E-state index is 0.248. The van der Waals surface area contributed by atoms with Crippen LogP contribution < -0.4 is 5.32 Å². The maximum Gasteiger partial charge on any atom is 0.325 e. The van der Waals surface area contributed by atoms with Crippen LogP contribution in [0.5, 0.6) is 0 Å². The number of carboxylic acids is 1. The van der Waals surface area contributed by atoms with E-state index in [4.69, 9.17) is 5.11 Å². The highest BCUT2D eigenvalue weighted by molar-refractivity contribution is 5.86. The Labute approximate surface area is 117 Å². The molecule has 5 nitrogen and oxygen atoms in total. The number of hydrogen-bond acceptors (Lipinski definition) is 2. The van der Waals surface area contributed by atoms with Crippen LogP contribution in [0, 0.1) is 6.92 Å². The molecule has 0 aliphatic heterocycles. The normalized spacial score (nSPS) is 12.3. The SMILES string of the molecule is Cc1ccc2[nH]cc(CCC(=O)NC(C)C(=O)O)c2c1. The van der Waals surface area contributed by atoms with Crippen LogP contribution >= 0.6 is 0 Å². The molecular weight excluding hydrogens is 256 g/mol. The topological polar surface area (TPSA) is 82.2 Å². The molecule has 1 amide bonds. The van der Waals surface area contributed by atoms with Crippen molar-refractivity contribution in [3.05, 3.63) is 35.5 Å². The molecule has 5 heteroatoms. The first-order valence-electron chi connectivity index (χ1n) is 6.56. The van der Waals surface area contributed by atoms with Crippen molar-refractivity contribution in [2.45, 2.75) is 32.7 Å². The zero-order chi connectivity index (χ0) is 14.7. The summed E-state index contributed by atoms with van der Waals surface area (Å²) in [5.41, 5.74) is 3.29. The molecule has 0 saturated carbocycles. The first-order valence-corrected chi connectivity index (χ1v) is 6.56. The van der Waals surface area contributed by atoms with Crippen LogP contribution in [0.4, 0.5) is 0 Å². The minimum Gasteiger partial charge on any atom is -0.480 e. The van der Waals surface area contributed by atoms with E-state index in [1.807, 2.05) is 25.3 Å². The van der Waals surface area contributed by atoms with Gasteiger partial charge in [0.15, 0.2) is 0 Å². The van der Waals surface area contributed by atoms with Crippen molar-refractivity contribution in [1.29, 1.82) is 0 Å². The number of fused-ring (bicyclic) bond motifs is 1. The number of aryl methyl sites for hydroxylation is 2. The summed E-state index contributed by atoms with van der Waals surface area (Å²) in [6.07, 6.45) is 2.76. The van der Waals surface area contributed by atoms with Gasteiger partial charge in [0.1, 0.15) is 6.04 Å². The van der Waals surface area contributed by atoms with Gasteiger partial charge < -0.3 is 15.4 Å². The lowest BCUT2D eigenvalue weighted by molar-refractivity contribution is -0.141. The Hall–Kier alpha value is -2.30. The van der Waals surface area contributed by atoms with Gasteiger partial charge in [-0.15, -0.1) is 0 Å². The molecule has 0 fully saturated rings. The molecule has 1 aromatic carbocycles. The molecule has 3 N–H and O–H groups in total. The molecule has 106 valence electrons. The van der Waals surface area contributed by atoms with Crippen molar-refractivity contribution in [3.8, 4) is 0 Å². The van der Waals surface area contributed by atoms with Crippen LogP contribution in [0.25, 0.3) is 10.9 Å². The molecule has 1 unspecified atom stereocenters. The van der Waals surface area contributed by atoms with Crippen LogP contribution in [0.15, 0.2) is 24.4 Å². The molecule has 2 rings (SSSR count). The highest BCUT2D eigenvalue weighted by atomic mass is 16.4. The second kappa shape index (κ2) is 5.77. The van der Waals surface area contributed by atoms with Crippen LogP contribution in [-0.4, -0.2) is 28.0 Å². The van der Waals surface area contributed by atoms with Crippen molar-refractivity contribution < 1.29 is 14.7 Å². The summed E-state index contributed by atoms with van der Waals surface area (Å²) in [4.78, 5) is 25.5. The van der Waals surface area contributed by atoms with E-state index in [2.05, 4.69) is 16.4 Å². The zero-order valence-corrected chi connectivity index (χ0v) is 11.6. The van der Waals surface area contributed by atoms with E-state index in [-0.39, 0.29) is 12.3 Å². The van der Waals surface area contributed by atoms with Gasteiger partial charge in [0.2, 0.25) is 5.91 Å².